The number of nitrogens with zero attached hydrogens (tertiary/aromatic N) is 2. The molecule has 0 unspecified atom stereocenters. The van der Waals surface area contributed by atoms with Crippen LogP contribution in [0.2, 0.25) is 5.15 Å². The van der Waals surface area contributed by atoms with Crippen molar-refractivity contribution in [3.63, 3.8) is 0 Å². The summed E-state index contributed by atoms with van der Waals surface area (Å²) in [5, 5.41) is 6.89. The Morgan fingerprint density at radius 2 is 2.00 bits per heavy atom. The highest BCUT2D eigenvalue weighted by atomic mass is 127. The van der Waals surface area contributed by atoms with Gasteiger partial charge in [0.2, 0.25) is 5.91 Å². The van der Waals surface area contributed by atoms with Crippen LogP contribution in [0.3, 0.4) is 0 Å². The Morgan fingerprint density at radius 1 is 1.41 bits per heavy atom. The van der Waals surface area contributed by atoms with Crippen molar-refractivity contribution in [3.8, 4) is 0 Å². The van der Waals surface area contributed by atoms with Gasteiger partial charge in [0.1, 0.15) is 16.8 Å². The molecule has 1 heterocycles. The van der Waals surface area contributed by atoms with E-state index in [0.717, 1.165) is 12.1 Å². The van der Waals surface area contributed by atoms with E-state index in [0.29, 0.717) is 16.4 Å². The molecule has 0 aliphatic heterocycles. The predicted octanol–water partition coefficient (Wildman–Crippen LogP) is 3.92. The summed E-state index contributed by atoms with van der Waals surface area (Å²) in [7, 11) is 1.68. The maximum Gasteiger partial charge on any atom is 0.248 e. The number of benzene rings is 1. The summed E-state index contributed by atoms with van der Waals surface area (Å²) in [6.45, 7) is 1.76. The van der Waals surface area contributed by atoms with Crippen molar-refractivity contribution in [2.75, 3.05) is 5.32 Å². The SMILES string of the molecule is Cc1nn(C)c(Cl)c1/C=C/C(=O)Nc1cc(F)c(I)c(F)c1. The largest absolute Gasteiger partial charge is 0.322 e. The number of hydrogen-bond acceptors (Lipinski definition) is 2. The number of halogens is 4. The Bertz CT molecular complexity index is 751. The number of anilines is 1. The van der Waals surface area contributed by atoms with Gasteiger partial charge in [-0.25, -0.2) is 8.78 Å². The third kappa shape index (κ3) is 3.64. The molecule has 0 spiro atoms. The highest BCUT2D eigenvalue weighted by Gasteiger charge is 2.11. The summed E-state index contributed by atoms with van der Waals surface area (Å²) < 4.78 is 28.2. The molecular formula is C14H11ClF2IN3O. The molecule has 1 amide bonds. The zero-order valence-corrected chi connectivity index (χ0v) is 14.5. The molecule has 116 valence electrons. The first kappa shape index (κ1) is 16.9. The summed E-state index contributed by atoms with van der Waals surface area (Å²) in [4.78, 5) is 11.8. The van der Waals surface area contributed by atoms with Crippen LogP contribution in [0.1, 0.15) is 11.3 Å². The molecule has 22 heavy (non-hydrogen) atoms. The molecule has 1 aromatic heterocycles. The van der Waals surface area contributed by atoms with Gasteiger partial charge in [-0.05, 0) is 47.7 Å². The Balaban J connectivity index is 2.15. The number of aryl methyl sites for hydroxylation is 2. The van der Waals surface area contributed by atoms with E-state index in [1.807, 2.05) is 0 Å². The fourth-order valence-electron chi connectivity index (χ4n) is 1.81. The molecule has 0 aliphatic rings. The first-order valence-electron chi connectivity index (χ1n) is 6.12. The van der Waals surface area contributed by atoms with E-state index in [-0.39, 0.29) is 9.26 Å². The Morgan fingerprint density at radius 3 is 2.50 bits per heavy atom. The molecule has 0 fully saturated rings. The standard InChI is InChI=1S/C14H11ClF2IN3O/c1-7-9(14(15)21(2)20-7)3-4-12(22)19-8-5-10(16)13(18)11(17)6-8/h3-6H,1-2H3,(H,19,22)/b4-3+. The second-order valence-corrected chi connectivity index (χ2v) is 5.93. The molecular weight excluding hydrogens is 427 g/mol. The lowest BCUT2D eigenvalue weighted by atomic mass is 10.2. The molecule has 0 saturated carbocycles. The molecule has 0 atom stereocenters. The smallest absolute Gasteiger partial charge is 0.248 e. The lowest BCUT2D eigenvalue weighted by molar-refractivity contribution is -0.111. The molecule has 8 heteroatoms. The number of carbonyl (C=O) groups excluding carboxylic acids is 1. The molecule has 2 rings (SSSR count). The minimum Gasteiger partial charge on any atom is -0.322 e. The van der Waals surface area contributed by atoms with Crippen LogP contribution in [0.25, 0.3) is 6.08 Å². The molecule has 0 aliphatic carbocycles. The van der Waals surface area contributed by atoms with Crippen LogP contribution in [0.4, 0.5) is 14.5 Å². The van der Waals surface area contributed by atoms with E-state index in [9.17, 15) is 13.6 Å². The monoisotopic (exact) mass is 437 g/mol. The van der Waals surface area contributed by atoms with Crippen molar-refractivity contribution in [1.82, 2.24) is 9.78 Å². The maximum atomic E-state index is 13.4. The fraction of sp³-hybridized carbons (Fsp3) is 0.143. The lowest BCUT2D eigenvalue weighted by Gasteiger charge is -2.04. The van der Waals surface area contributed by atoms with Crippen molar-refractivity contribution in [2.24, 2.45) is 7.05 Å². The first-order chi connectivity index (χ1) is 10.3. The Hall–Kier alpha value is -1.48. The van der Waals surface area contributed by atoms with E-state index >= 15 is 0 Å². The van der Waals surface area contributed by atoms with Crippen LogP contribution >= 0.6 is 34.2 Å². The lowest BCUT2D eigenvalue weighted by Crippen LogP contribution is -2.08. The van der Waals surface area contributed by atoms with Gasteiger partial charge in [-0.2, -0.15) is 5.10 Å². The third-order valence-electron chi connectivity index (χ3n) is 2.85. The van der Waals surface area contributed by atoms with Gasteiger partial charge >= 0.3 is 0 Å². The normalized spacial score (nSPS) is 11.2. The van der Waals surface area contributed by atoms with Gasteiger partial charge in [0.25, 0.3) is 0 Å². The van der Waals surface area contributed by atoms with Crippen LogP contribution in [0.5, 0.6) is 0 Å². The van der Waals surface area contributed by atoms with Gasteiger partial charge in [0, 0.05) is 24.4 Å². The zero-order valence-electron chi connectivity index (χ0n) is 11.6. The second kappa shape index (κ2) is 6.74. The van der Waals surface area contributed by atoms with Crippen LogP contribution < -0.4 is 5.32 Å². The molecule has 2 aromatic rings. The summed E-state index contributed by atoms with van der Waals surface area (Å²) in [5.74, 6) is -1.99. The van der Waals surface area contributed by atoms with E-state index in [4.69, 9.17) is 11.6 Å². The second-order valence-electron chi connectivity index (χ2n) is 4.49. The van der Waals surface area contributed by atoms with E-state index in [1.54, 1.807) is 36.6 Å². The van der Waals surface area contributed by atoms with E-state index < -0.39 is 17.5 Å². The highest BCUT2D eigenvalue weighted by Crippen LogP contribution is 2.21. The summed E-state index contributed by atoms with van der Waals surface area (Å²) in [5.41, 5.74) is 1.32. The van der Waals surface area contributed by atoms with Crippen LogP contribution in [-0.2, 0) is 11.8 Å². The summed E-state index contributed by atoms with van der Waals surface area (Å²) in [6, 6.07) is 2.11. The van der Waals surface area contributed by atoms with Crippen LogP contribution in [0, 0.1) is 22.1 Å². The summed E-state index contributed by atoms with van der Waals surface area (Å²) >= 11 is 7.59. The minimum atomic E-state index is -0.731. The maximum absolute atomic E-state index is 13.4. The minimum absolute atomic E-state index is 0.0408. The Labute approximate surface area is 144 Å². The molecule has 1 aromatic carbocycles. The first-order valence-corrected chi connectivity index (χ1v) is 7.58. The molecule has 0 bridgehead atoms. The predicted molar refractivity (Wildman–Crippen MR) is 89.7 cm³/mol. The number of aromatic nitrogens is 2. The quantitative estimate of drug-likeness (QED) is 0.450. The van der Waals surface area contributed by atoms with Gasteiger partial charge in [0.05, 0.1) is 9.26 Å². The van der Waals surface area contributed by atoms with Crippen molar-refractivity contribution >= 4 is 51.9 Å². The van der Waals surface area contributed by atoms with Crippen molar-refractivity contribution in [1.29, 1.82) is 0 Å². The van der Waals surface area contributed by atoms with Crippen LogP contribution in [-0.4, -0.2) is 15.7 Å². The number of rotatable bonds is 3. The van der Waals surface area contributed by atoms with Gasteiger partial charge in [-0.1, -0.05) is 11.6 Å². The zero-order chi connectivity index (χ0) is 16.4. The fourth-order valence-corrected chi connectivity index (χ4v) is 2.36. The van der Waals surface area contributed by atoms with Crippen molar-refractivity contribution in [2.45, 2.75) is 6.92 Å². The van der Waals surface area contributed by atoms with Gasteiger partial charge < -0.3 is 5.32 Å². The molecule has 0 saturated heterocycles. The topological polar surface area (TPSA) is 46.9 Å². The van der Waals surface area contributed by atoms with Crippen molar-refractivity contribution in [3.05, 3.63) is 49.8 Å². The van der Waals surface area contributed by atoms with Gasteiger partial charge in [0.15, 0.2) is 0 Å². The number of carbonyl (C=O) groups is 1. The molecule has 1 N–H and O–H groups in total. The average molecular weight is 438 g/mol. The summed E-state index contributed by atoms with van der Waals surface area (Å²) in [6.07, 6.45) is 2.73. The number of amides is 1. The van der Waals surface area contributed by atoms with Crippen LogP contribution in [0.15, 0.2) is 18.2 Å². The van der Waals surface area contributed by atoms with Gasteiger partial charge in [-0.15, -0.1) is 0 Å². The molecule has 4 nitrogen and oxygen atoms in total. The van der Waals surface area contributed by atoms with E-state index in [2.05, 4.69) is 10.4 Å². The Kier molecular flexibility index (Phi) is 5.17. The van der Waals surface area contributed by atoms with E-state index in [1.165, 1.54) is 16.8 Å². The average Bonchev–Trinajstić information content (AvgIpc) is 2.67. The van der Waals surface area contributed by atoms with Crippen molar-refractivity contribution < 1.29 is 13.6 Å². The number of hydrogen-bond donors (Lipinski definition) is 1. The molecule has 0 radical (unpaired) electrons. The number of nitrogens with one attached hydrogen (secondary N) is 1. The van der Waals surface area contributed by atoms with Gasteiger partial charge in [-0.3, -0.25) is 9.48 Å². The highest BCUT2D eigenvalue weighted by molar-refractivity contribution is 14.1. The third-order valence-corrected chi connectivity index (χ3v) is 4.33.